The molecule has 3 aromatic rings. The van der Waals surface area contributed by atoms with E-state index >= 15 is 0 Å². The molecule has 0 radical (unpaired) electrons. The first kappa shape index (κ1) is 24.2. The lowest BCUT2D eigenvalue weighted by Gasteiger charge is -2.35. The highest BCUT2D eigenvalue weighted by molar-refractivity contribution is 6.08. The maximum Gasteiger partial charge on any atom is 0.336 e. The highest BCUT2D eigenvalue weighted by Gasteiger charge is 2.22. The van der Waals surface area contributed by atoms with E-state index in [9.17, 15) is 19.5 Å². The number of aromatic carboxylic acids is 1. The lowest BCUT2D eigenvalue weighted by molar-refractivity contribution is -0.129. The molecule has 2 N–H and O–H groups in total. The zero-order chi connectivity index (χ0) is 25.1. The third-order valence-corrected chi connectivity index (χ3v) is 6.15. The Hall–Kier alpha value is -3.98. The number of rotatable bonds is 6. The van der Waals surface area contributed by atoms with Crippen LogP contribution in [-0.4, -0.2) is 84.5 Å². The molecule has 2 heterocycles. The molecule has 1 aromatic heterocycles. The summed E-state index contributed by atoms with van der Waals surface area (Å²) in [5, 5.41) is 13.2. The number of carboxylic acid groups (broad SMARTS) is 1. The number of carbonyl (C=O) groups is 3. The number of nitrogens with one attached hydrogen (secondary N) is 1. The number of aromatic nitrogens is 1. The van der Waals surface area contributed by atoms with Crippen molar-refractivity contribution < 1.29 is 19.5 Å². The summed E-state index contributed by atoms with van der Waals surface area (Å²) in [6.45, 7) is 4.97. The molecule has 0 unspecified atom stereocenters. The molecule has 0 bridgehead atoms. The van der Waals surface area contributed by atoms with E-state index in [2.05, 4.69) is 10.2 Å². The molecule has 1 fully saturated rings. The third kappa shape index (κ3) is 5.58. The van der Waals surface area contributed by atoms with Gasteiger partial charge < -0.3 is 20.2 Å². The summed E-state index contributed by atoms with van der Waals surface area (Å²) in [6, 6.07) is 13.9. The van der Waals surface area contributed by atoms with Crippen molar-refractivity contribution in [1.29, 1.82) is 0 Å². The Morgan fingerprint density at radius 2 is 1.69 bits per heavy atom. The second-order valence-electron chi connectivity index (χ2n) is 8.94. The minimum absolute atomic E-state index is 0.0562. The summed E-state index contributed by atoms with van der Waals surface area (Å²) in [5.41, 5.74) is 2.75. The van der Waals surface area contributed by atoms with Crippen molar-refractivity contribution in [1.82, 2.24) is 14.8 Å². The second kappa shape index (κ2) is 10.1. The normalized spacial score (nSPS) is 14.1. The van der Waals surface area contributed by atoms with E-state index in [1.165, 1.54) is 0 Å². The van der Waals surface area contributed by atoms with Gasteiger partial charge in [-0.2, -0.15) is 0 Å². The van der Waals surface area contributed by atoms with Crippen molar-refractivity contribution in [3.8, 4) is 0 Å². The van der Waals surface area contributed by atoms with Crippen LogP contribution < -0.4 is 10.2 Å². The Kier molecular flexibility index (Phi) is 6.97. The zero-order valence-corrected chi connectivity index (χ0v) is 20.1. The molecular weight excluding hydrogens is 446 g/mol. The number of hydrogen-bond donors (Lipinski definition) is 2. The largest absolute Gasteiger partial charge is 0.478 e. The molecule has 2 amide bonds. The standard InChI is InChI=1S/C26H29N5O4/c1-17-4-6-18(7-5-17)25(33)27-19-8-9-22-20(14-19)21(26(34)35)15-23(28-22)31-12-10-30(11-13-31)16-24(32)29(2)3/h4-9,14-15H,10-13,16H2,1-3H3,(H,27,33)(H,34,35). The maximum absolute atomic E-state index is 12.6. The molecule has 9 nitrogen and oxygen atoms in total. The Labute approximate surface area is 204 Å². The quantitative estimate of drug-likeness (QED) is 0.565. The molecule has 1 aliphatic heterocycles. The van der Waals surface area contributed by atoms with Crippen molar-refractivity contribution in [2.45, 2.75) is 6.92 Å². The van der Waals surface area contributed by atoms with E-state index in [0.717, 1.165) is 5.56 Å². The topological polar surface area (TPSA) is 106 Å². The van der Waals surface area contributed by atoms with Crippen LogP contribution in [0.4, 0.5) is 11.5 Å². The molecule has 182 valence electrons. The minimum Gasteiger partial charge on any atom is -0.478 e. The van der Waals surface area contributed by atoms with Gasteiger partial charge >= 0.3 is 5.97 Å². The average molecular weight is 476 g/mol. The van der Waals surface area contributed by atoms with Crippen LogP contribution in [0.1, 0.15) is 26.3 Å². The van der Waals surface area contributed by atoms with E-state index in [-0.39, 0.29) is 17.4 Å². The maximum atomic E-state index is 12.6. The SMILES string of the molecule is Cc1ccc(C(=O)Nc2ccc3nc(N4CCN(CC(=O)N(C)C)CC4)cc(C(=O)O)c3c2)cc1. The molecule has 4 rings (SSSR count). The van der Waals surface area contributed by atoms with Crippen molar-refractivity contribution in [2.75, 3.05) is 57.0 Å². The lowest BCUT2D eigenvalue weighted by Crippen LogP contribution is -2.49. The van der Waals surface area contributed by atoms with Gasteiger partial charge in [0.15, 0.2) is 0 Å². The molecule has 2 aromatic carbocycles. The van der Waals surface area contributed by atoms with Gasteiger partial charge in [0.2, 0.25) is 5.91 Å². The summed E-state index contributed by atoms with van der Waals surface area (Å²) in [4.78, 5) is 47.1. The van der Waals surface area contributed by atoms with Gasteiger partial charge in [-0.05, 0) is 43.3 Å². The van der Waals surface area contributed by atoms with Crippen molar-refractivity contribution in [2.24, 2.45) is 0 Å². The average Bonchev–Trinajstić information content (AvgIpc) is 2.84. The fourth-order valence-corrected chi connectivity index (χ4v) is 4.00. The molecule has 35 heavy (non-hydrogen) atoms. The second-order valence-corrected chi connectivity index (χ2v) is 8.94. The molecular formula is C26H29N5O4. The van der Waals surface area contributed by atoms with Gasteiger partial charge in [0, 0.05) is 56.9 Å². The van der Waals surface area contributed by atoms with E-state index in [4.69, 9.17) is 4.98 Å². The summed E-state index contributed by atoms with van der Waals surface area (Å²) < 4.78 is 0. The van der Waals surface area contributed by atoms with Gasteiger partial charge in [-0.1, -0.05) is 17.7 Å². The number of benzene rings is 2. The van der Waals surface area contributed by atoms with Crippen molar-refractivity contribution in [3.05, 3.63) is 65.2 Å². The number of amides is 2. The third-order valence-electron chi connectivity index (χ3n) is 6.15. The first-order valence-electron chi connectivity index (χ1n) is 11.4. The first-order valence-corrected chi connectivity index (χ1v) is 11.4. The number of pyridine rings is 1. The Bertz CT molecular complexity index is 1260. The van der Waals surface area contributed by atoms with Crippen LogP contribution in [0, 0.1) is 6.92 Å². The molecule has 1 aliphatic rings. The van der Waals surface area contributed by atoms with Crippen molar-refractivity contribution in [3.63, 3.8) is 0 Å². The van der Waals surface area contributed by atoms with E-state index in [1.54, 1.807) is 55.4 Å². The van der Waals surface area contributed by atoms with Crippen molar-refractivity contribution >= 4 is 40.2 Å². The number of anilines is 2. The molecule has 0 aliphatic carbocycles. The number of carbonyl (C=O) groups excluding carboxylic acids is 2. The minimum atomic E-state index is -1.06. The van der Waals surface area contributed by atoms with Crippen LogP contribution in [0.2, 0.25) is 0 Å². The number of nitrogens with zero attached hydrogens (tertiary/aromatic N) is 4. The van der Waals surface area contributed by atoms with Crippen LogP contribution in [-0.2, 0) is 4.79 Å². The summed E-state index contributed by atoms with van der Waals surface area (Å²) in [5.74, 6) is -0.682. The smallest absolute Gasteiger partial charge is 0.336 e. The molecule has 0 saturated carbocycles. The number of aryl methyl sites for hydroxylation is 1. The number of hydrogen-bond acceptors (Lipinski definition) is 6. The Morgan fingerprint density at radius 3 is 2.31 bits per heavy atom. The van der Waals surface area contributed by atoms with Crippen LogP contribution in [0.15, 0.2) is 48.5 Å². The monoisotopic (exact) mass is 475 g/mol. The fourth-order valence-electron chi connectivity index (χ4n) is 4.00. The molecule has 9 heteroatoms. The summed E-state index contributed by atoms with van der Waals surface area (Å²) >= 11 is 0. The van der Waals surface area contributed by atoms with E-state index in [1.807, 2.05) is 24.0 Å². The molecule has 0 atom stereocenters. The first-order chi connectivity index (χ1) is 16.7. The zero-order valence-electron chi connectivity index (χ0n) is 20.1. The molecule has 0 spiro atoms. The summed E-state index contributed by atoms with van der Waals surface area (Å²) in [7, 11) is 3.48. The van der Waals surface area contributed by atoms with E-state index < -0.39 is 5.97 Å². The van der Waals surface area contributed by atoms with E-state index in [0.29, 0.717) is 60.7 Å². The Morgan fingerprint density at radius 1 is 1.00 bits per heavy atom. The number of piperazine rings is 1. The van der Waals surface area contributed by atoms with Gasteiger partial charge in [-0.15, -0.1) is 0 Å². The summed E-state index contributed by atoms with van der Waals surface area (Å²) in [6.07, 6.45) is 0. The van der Waals surface area contributed by atoms with Crippen LogP contribution in [0.5, 0.6) is 0 Å². The van der Waals surface area contributed by atoms with Gasteiger partial charge in [0.05, 0.1) is 17.6 Å². The van der Waals surface area contributed by atoms with Crippen LogP contribution in [0.3, 0.4) is 0 Å². The highest BCUT2D eigenvalue weighted by Crippen LogP contribution is 2.27. The van der Waals surface area contributed by atoms with Gasteiger partial charge in [-0.3, -0.25) is 14.5 Å². The van der Waals surface area contributed by atoms with Crippen LogP contribution >= 0.6 is 0 Å². The Balaban J connectivity index is 1.54. The predicted octanol–water partition coefficient (Wildman–Crippen LogP) is 2.70. The number of likely N-dealkylation sites (N-methyl/N-ethyl adjacent to an activating group) is 1. The van der Waals surface area contributed by atoms with Crippen LogP contribution in [0.25, 0.3) is 10.9 Å². The number of carboxylic acids is 1. The van der Waals surface area contributed by atoms with Gasteiger partial charge in [-0.25, -0.2) is 9.78 Å². The molecule has 1 saturated heterocycles. The number of fused-ring (bicyclic) bond motifs is 1. The highest BCUT2D eigenvalue weighted by atomic mass is 16.4. The predicted molar refractivity (Wildman–Crippen MR) is 135 cm³/mol. The fraction of sp³-hybridized carbons (Fsp3) is 0.308. The lowest BCUT2D eigenvalue weighted by atomic mass is 10.1. The van der Waals surface area contributed by atoms with Gasteiger partial charge in [0.1, 0.15) is 5.82 Å². The van der Waals surface area contributed by atoms with Gasteiger partial charge in [0.25, 0.3) is 5.91 Å².